The number of nitrogens with one attached hydrogen (secondary N) is 1. The van der Waals surface area contributed by atoms with Gasteiger partial charge in [-0.1, -0.05) is 13.0 Å². The maximum absolute atomic E-state index is 11.2. The van der Waals surface area contributed by atoms with Crippen LogP contribution in [0.3, 0.4) is 0 Å². The average Bonchev–Trinajstić information content (AvgIpc) is 2.60. The van der Waals surface area contributed by atoms with Crippen LogP contribution in [0.2, 0.25) is 0 Å². The number of carbonyl (C=O) groups excluding carboxylic acids is 1. The summed E-state index contributed by atoms with van der Waals surface area (Å²) in [7, 11) is -0.863. The van der Waals surface area contributed by atoms with Crippen molar-refractivity contribution in [2.45, 2.75) is 20.0 Å². The van der Waals surface area contributed by atoms with Gasteiger partial charge in [0.2, 0.25) is 5.91 Å². The minimum absolute atomic E-state index is 0.0386. The molecule has 2 rings (SSSR count). The number of hydrogen-bond donors (Lipinski definition) is 2. The zero-order valence-electron chi connectivity index (χ0n) is 8.49. The van der Waals surface area contributed by atoms with Gasteiger partial charge in [-0.25, -0.2) is 0 Å². The van der Waals surface area contributed by atoms with E-state index in [9.17, 15) is 9.82 Å². The van der Waals surface area contributed by atoms with Crippen molar-refractivity contribution in [3.05, 3.63) is 23.8 Å². The Balaban J connectivity index is 2.21. The van der Waals surface area contributed by atoms with Crippen LogP contribution in [-0.2, 0) is 16.1 Å². The van der Waals surface area contributed by atoms with Gasteiger partial charge in [0.1, 0.15) is 0 Å². The van der Waals surface area contributed by atoms with Gasteiger partial charge in [-0.15, -0.1) is 0 Å². The molecule has 15 heavy (non-hydrogen) atoms. The Morgan fingerprint density at radius 2 is 2.47 bits per heavy atom. The van der Waals surface area contributed by atoms with Crippen LogP contribution in [0.5, 0.6) is 0 Å². The van der Waals surface area contributed by atoms with E-state index in [1.807, 2.05) is 12.1 Å². The molecule has 1 aromatic carbocycles. The summed E-state index contributed by atoms with van der Waals surface area (Å²) in [6.45, 7) is 2.22. The lowest BCUT2D eigenvalue weighted by atomic mass is 9.79. The van der Waals surface area contributed by atoms with E-state index in [1.165, 1.54) is 0 Å². The second kappa shape index (κ2) is 4.04. The molecule has 0 fully saturated rings. The maximum atomic E-state index is 11.2. The molecule has 1 aliphatic heterocycles. The number of fused-ring (bicyclic) bond motifs is 1. The van der Waals surface area contributed by atoms with Gasteiger partial charge in [0.25, 0.3) is 0 Å². The molecule has 0 unspecified atom stereocenters. The summed E-state index contributed by atoms with van der Waals surface area (Å²) in [5.74, 6) is -0.0386. The van der Waals surface area contributed by atoms with Crippen LogP contribution in [0.1, 0.15) is 18.9 Å². The van der Waals surface area contributed by atoms with Gasteiger partial charge in [0.05, 0.1) is 6.61 Å². The van der Waals surface area contributed by atoms with Gasteiger partial charge >= 0.3 is 7.12 Å². The smallest absolute Gasteiger partial charge is 0.423 e. The molecule has 1 amide bonds. The molecular weight excluding hydrogens is 193 g/mol. The lowest BCUT2D eigenvalue weighted by Crippen LogP contribution is -2.28. The summed E-state index contributed by atoms with van der Waals surface area (Å²) in [4.78, 5) is 11.2. The quantitative estimate of drug-likeness (QED) is 0.680. The van der Waals surface area contributed by atoms with E-state index in [-0.39, 0.29) is 5.91 Å². The number of carbonyl (C=O) groups is 1. The molecule has 4 nitrogen and oxygen atoms in total. The summed E-state index contributed by atoms with van der Waals surface area (Å²) in [6.07, 6.45) is 0.441. The van der Waals surface area contributed by atoms with Crippen molar-refractivity contribution in [1.29, 1.82) is 0 Å². The number of benzene rings is 1. The van der Waals surface area contributed by atoms with Crippen molar-refractivity contribution in [2.24, 2.45) is 0 Å². The van der Waals surface area contributed by atoms with E-state index in [0.717, 1.165) is 11.0 Å². The summed E-state index contributed by atoms with van der Waals surface area (Å²) in [5.41, 5.74) is 2.41. The minimum Gasteiger partial charge on any atom is -0.423 e. The first kappa shape index (κ1) is 10.2. The van der Waals surface area contributed by atoms with E-state index in [0.29, 0.717) is 18.7 Å². The Kier molecular flexibility index (Phi) is 2.75. The highest BCUT2D eigenvalue weighted by Gasteiger charge is 2.27. The van der Waals surface area contributed by atoms with E-state index in [1.54, 1.807) is 13.0 Å². The lowest BCUT2D eigenvalue weighted by Gasteiger charge is -2.05. The van der Waals surface area contributed by atoms with Gasteiger partial charge in [0.15, 0.2) is 0 Å². The molecule has 0 radical (unpaired) electrons. The largest absolute Gasteiger partial charge is 0.491 e. The molecule has 78 valence electrons. The fourth-order valence-electron chi connectivity index (χ4n) is 1.54. The topological polar surface area (TPSA) is 58.6 Å². The van der Waals surface area contributed by atoms with Gasteiger partial charge in [0, 0.05) is 12.1 Å². The normalized spacial score (nSPS) is 13.9. The SMILES string of the molecule is CCC(=O)Nc1ccc2c(c1)B(O)OC2. The van der Waals surface area contributed by atoms with E-state index in [4.69, 9.17) is 4.65 Å². The third kappa shape index (κ3) is 2.03. The fourth-order valence-corrected chi connectivity index (χ4v) is 1.54. The number of amides is 1. The Bertz CT molecular complexity index is 394. The molecule has 1 aromatic rings. The van der Waals surface area contributed by atoms with Crippen LogP contribution in [0, 0.1) is 0 Å². The Hall–Kier alpha value is -1.33. The monoisotopic (exact) mass is 205 g/mol. The molecule has 0 saturated heterocycles. The molecule has 1 aliphatic rings. The van der Waals surface area contributed by atoms with Crippen LogP contribution >= 0.6 is 0 Å². The lowest BCUT2D eigenvalue weighted by molar-refractivity contribution is -0.115. The van der Waals surface area contributed by atoms with Crippen LogP contribution in [0.25, 0.3) is 0 Å². The number of anilines is 1. The predicted octanol–water partition coefficient (Wildman–Crippen LogP) is 0.253. The van der Waals surface area contributed by atoms with Crippen LogP contribution in [-0.4, -0.2) is 18.0 Å². The third-order valence-electron chi connectivity index (χ3n) is 2.41. The van der Waals surface area contributed by atoms with Gasteiger partial charge < -0.3 is 15.0 Å². The van der Waals surface area contributed by atoms with E-state index >= 15 is 0 Å². The van der Waals surface area contributed by atoms with Crippen molar-refractivity contribution in [2.75, 3.05) is 5.32 Å². The molecule has 2 N–H and O–H groups in total. The van der Waals surface area contributed by atoms with Crippen molar-refractivity contribution in [1.82, 2.24) is 0 Å². The third-order valence-corrected chi connectivity index (χ3v) is 2.41. The van der Waals surface area contributed by atoms with Crippen LogP contribution in [0.4, 0.5) is 5.69 Å². The standard InChI is InChI=1S/C10H12BNO3/c1-2-10(13)12-8-4-3-7-6-15-11(14)9(7)5-8/h3-5,14H,2,6H2,1H3,(H,12,13). The Morgan fingerprint density at radius 3 is 3.20 bits per heavy atom. The summed E-state index contributed by atoms with van der Waals surface area (Å²) < 4.78 is 5.05. The van der Waals surface area contributed by atoms with Crippen molar-refractivity contribution < 1.29 is 14.5 Å². The average molecular weight is 205 g/mol. The first-order valence-corrected chi connectivity index (χ1v) is 4.93. The van der Waals surface area contributed by atoms with Crippen molar-refractivity contribution in [3.8, 4) is 0 Å². The van der Waals surface area contributed by atoms with Crippen LogP contribution < -0.4 is 10.8 Å². The molecule has 0 aromatic heterocycles. The second-order valence-electron chi connectivity index (χ2n) is 3.48. The maximum Gasteiger partial charge on any atom is 0.491 e. The van der Waals surface area contributed by atoms with Gasteiger partial charge in [-0.05, 0) is 23.2 Å². The molecule has 0 aliphatic carbocycles. The van der Waals surface area contributed by atoms with Gasteiger partial charge in [-0.3, -0.25) is 4.79 Å². The Morgan fingerprint density at radius 1 is 1.67 bits per heavy atom. The van der Waals surface area contributed by atoms with Crippen molar-refractivity contribution >= 4 is 24.2 Å². The summed E-state index contributed by atoms with van der Waals surface area (Å²) in [5, 5.41) is 12.2. The second-order valence-corrected chi connectivity index (χ2v) is 3.48. The molecule has 0 saturated carbocycles. The van der Waals surface area contributed by atoms with Crippen molar-refractivity contribution in [3.63, 3.8) is 0 Å². The highest BCUT2D eigenvalue weighted by atomic mass is 16.5. The first-order valence-electron chi connectivity index (χ1n) is 4.93. The van der Waals surface area contributed by atoms with E-state index in [2.05, 4.69) is 5.32 Å². The molecule has 0 atom stereocenters. The number of rotatable bonds is 2. The number of hydrogen-bond acceptors (Lipinski definition) is 3. The molecule has 0 bridgehead atoms. The highest BCUT2D eigenvalue weighted by Crippen LogP contribution is 2.14. The molecular formula is C10H12BNO3. The molecule has 0 spiro atoms. The highest BCUT2D eigenvalue weighted by molar-refractivity contribution is 6.61. The molecule has 1 heterocycles. The summed E-state index contributed by atoms with van der Waals surface area (Å²) in [6, 6.07) is 5.42. The zero-order chi connectivity index (χ0) is 10.8. The minimum atomic E-state index is -0.863. The zero-order valence-corrected chi connectivity index (χ0v) is 8.49. The molecule has 5 heteroatoms. The predicted molar refractivity (Wildman–Crippen MR) is 57.8 cm³/mol. The summed E-state index contributed by atoms with van der Waals surface area (Å²) >= 11 is 0. The van der Waals surface area contributed by atoms with Crippen LogP contribution in [0.15, 0.2) is 18.2 Å². The Labute approximate surface area is 88.4 Å². The van der Waals surface area contributed by atoms with Gasteiger partial charge in [-0.2, -0.15) is 0 Å². The fraction of sp³-hybridized carbons (Fsp3) is 0.300. The first-order chi connectivity index (χ1) is 7.20. The van der Waals surface area contributed by atoms with E-state index < -0.39 is 7.12 Å².